The Balaban J connectivity index is 1.48. The summed E-state index contributed by atoms with van der Waals surface area (Å²) in [7, 11) is 0. The Morgan fingerprint density at radius 2 is 1.52 bits per heavy atom. The lowest BCUT2D eigenvalue weighted by Gasteiger charge is -2.37. The van der Waals surface area contributed by atoms with Crippen molar-refractivity contribution in [2.45, 2.75) is 38.1 Å². The van der Waals surface area contributed by atoms with Gasteiger partial charge in [0.25, 0.3) is 0 Å². The number of carbonyl (C=O) groups excluding carboxylic acids is 2. The molecule has 23 heavy (non-hydrogen) atoms. The van der Waals surface area contributed by atoms with Gasteiger partial charge in [-0.1, -0.05) is 6.42 Å². The Morgan fingerprint density at radius 1 is 0.870 bits per heavy atom. The first-order valence-electron chi connectivity index (χ1n) is 8.59. The second kappa shape index (κ2) is 6.86. The van der Waals surface area contributed by atoms with Crippen LogP contribution in [0.2, 0.25) is 0 Å². The summed E-state index contributed by atoms with van der Waals surface area (Å²) < 4.78 is 0. The number of piperidine rings is 1. The minimum absolute atomic E-state index is 0.0170. The van der Waals surface area contributed by atoms with Crippen molar-refractivity contribution in [1.82, 2.24) is 14.7 Å². The average Bonchev–Trinajstić information content (AvgIpc) is 3.39. The smallest absolute Gasteiger partial charge is 0.320 e. The van der Waals surface area contributed by atoms with E-state index in [9.17, 15) is 19.5 Å². The summed E-state index contributed by atoms with van der Waals surface area (Å²) in [6.07, 6.45) is 4.48. The van der Waals surface area contributed by atoms with Gasteiger partial charge in [0, 0.05) is 32.1 Å². The SMILES string of the molecule is O=C(O)C1CCCCN1CC(=O)N1CCN(C(=O)C2CC2)CC1. The van der Waals surface area contributed by atoms with Crippen LogP contribution in [0, 0.1) is 5.92 Å². The molecule has 0 radical (unpaired) electrons. The zero-order valence-electron chi connectivity index (χ0n) is 13.4. The van der Waals surface area contributed by atoms with E-state index in [1.807, 2.05) is 4.90 Å². The molecule has 2 aliphatic heterocycles. The Morgan fingerprint density at radius 3 is 2.13 bits per heavy atom. The minimum Gasteiger partial charge on any atom is -0.480 e. The lowest BCUT2D eigenvalue weighted by Crippen LogP contribution is -2.55. The average molecular weight is 323 g/mol. The number of hydrogen-bond donors (Lipinski definition) is 1. The second-order valence-corrected chi connectivity index (χ2v) is 6.80. The number of nitrogens with zero attached hydrogens (tertiary/aromatic N) is 3. The molecule has 7 nitrogen and oxygen atoms in total. The minimum atomic E-state index is -0.836. The van der Waals surface area contributed by atoms with Gasteiger partial charge in [-0.15, -0.1) is 0 Å². The summed E-state index contributed by atoms with van der Waals surface area (Å²) in [4.78, 5) is 41.2. The number of carbonyl (C=O) groups is 3. The first-order valence-corrected chi connectivity index (χ1v) is 8.59. The largest absolute Gasteiger partial charge is 0.480 e. The third kappa shape index (κ3) is 3.83. The van der Waals surface area contributed by atoms with E-state index in [0.29, 0.717) is 39.1 Å². The van der Waals surface area contributed by atoms with Crippen molar-refractivity contribution in [2.24, 2.45) is 5.92 Å². The third-order valence-corrected chi connectivity index (χ3v) is 5.11. The molecular weight excluding hydrogens is 298 g/mol. The molecule has 2 amide bonds. The molecule has 3 fully saturated rings. The van der Waals surface area contributed by atoms with Gasteiger partial charge in [0.15, 0.2) is 0 Å². The molecule has 3 rings (SSSR count). The summed E-state index contributed by atoms with van der Waals surface area (Å²) in [6.45, 7) is 3.16. The highest BCUT2D eigenvalue weighted by atomic mass is 16.4. The fourth-order valence-corrected chi connectivity index (χ4v) is 3.50. The van der Waals surface area contributed by atoms with Crippen LogP contribution >= 0.6 is 0 Å². The molecule has 1 unspecified atom stereocenters. The summed E-state index contributed by atoms with van der Waals surface area (Å²) in [5.41, 5.74) is 0. The van der Waals surface area contributed by atoms with Crippen molar-refractivity contribution < 1.29 is 19.5 Å². The third-order valence-electron chi connectivity index (χ3n) is 5.11. The van der Waals surface area contributed by atoms with Gasteiger partial charge in [-0.05, 0) is 32.2 Å². The van der Waals surface area contributed by atoms with E-state index in [0.717, 1.165) is 25.7 Å². The highest BCUT2D eigenvalue weighted by Gasteiger charge is 2.36. The van der Waals surface area contributed by atoms with Crippen molar-refractivity contribution in [3.63, 3.8) is 0 Å². The summed E-state index contributed by atoms with van der Waals surface area (Å²) in [6, 6.07) is -0.537. The van der Waals surface area contributed by atoms with Crippen molar-refractivity contribution in [2.75, 3.05) is 39.3 Å². The number of aliphatic carboxylic acids is 1. The summed E-state index contributed by atoms with van der Waals surface area (Å²) in [5.74, 6) is -0.394. The van der Waals surface area contributed by atoms with E-state index < -0.39 is 12.0 Å². The lowest BCUT2D eigenvalue weighted by molar-refractivity contribution is -0.147. The van der Waals surface area contributed by atoms with Crippen LogP contribution in [0.1, 0.15) is 32.1 Å². The number of hydrogen-bond acceptors (Lipinski definition) is 4. The summed E-state index contributed by atoms with van der Waals surface area (Å²) >= 11 is 0. The van der Waals surface area contributed by atoms with Crippen LogP contribution in [0.15, 0.2) is 0 Å². The second-order valence-electron chi connectivity index (χ2n) is 6.80. The fourth-order valence-electron chi connectivity index (χ4n) is 3.50. The van der Waals surface area contributed by atoms with Crippen molar-refractivity contribution in [3.05, 3.63) is 0 Å². The van der Waals surface area contributed by atoms with Crippen LogP contribution in [0.4, 0.5) is 0 Å². The number of amides is 2. The maximum Gasteiger partial charge on any atom is 0.320 e. The fraction of sp³-hybridized carbons (Fsp3) is 0.812. The van der Waals surface area contributed by atoms with Crippen LogP contribution in [0.5, 0.6) is 0 Å². The predicted molar refractivity (Wildman–Crippen MR) is 82.7 cm³/mol. The zero-order valence-corrected chi connectivity index (χ0v) is 13.4. The van der Waals surface area contributed by atoms with E-state index in [1.165, 1.54) is 0 Å². The molecule has 1 aliphatic carbocycles. The van der Waals surface area contributed by atoms with Gasteiger partial charge in [-0.3, -0.25) is 19.3 Å². The van der Waals surface area contributed by atoms with Crippen LogP contribution in [-0.2, 0) is 14.4 Å². The van der Waals surface area contributed by atoms with Crippen molar-refractivity contribution in [1.29, 1.82) is 0 Å². The molecule has 1 saturated carbocycles. The topological polar surface area (TPSA) is 81.2 Å². The molecule has 2 saturated heterocycles. The van der Waals surface area contributed by atoms with Crippen LogP contribution in [0.3, 0.4) is 0 Å². The molecule has 0 spiro atoms. The number of carboxylic acids is 1. The number of carboxylic acid groups (broad SMARTS) is 1. The monoisotopic (exact) mass is 323 g/mol. The van der Waals surface area contributed by atoms with Crippen LogP contribution in [-0.4, -0.2) is 82.9 Å². The number of rotatable bonds is 4. The van der Waals surface area contributed by atoms with Gasteiger partial charge in [0.1, 0.15) is 6.04 Å². The molecule has 128 valence electrons. The van der Waals surface area contributed by atoms with E-state index in [2.05, 4.69) is 0 Å². The van der Waals surface area contributed by atoms with Gasteiger partial charge in [0.05, 0.1) is 6.54 Å². The molecule has 7 heteroatoms. The first kappa shape index (κ1) is 16.2. The molecule has 0 aromatic rings. The van der Waals surface area contributed by atoms with E-state index in [-0.39, 0.29) is 24.3 Å². The molecule has 2 heterocycles. The maximum absolute atomic E-state index is 12.4. The summed E-state index contributed by atoms with van der Waals surface area (Å²) in [5, 5.41) is 9.27. The molecule has 0 bridgehead atoms. The quantitative estimate of drug-likeness (QED) is 0.788. The molecule has 1 N–H and O–H groups in total. The Labute approximate surface area is 136 Å². The molecule has 0 aromatic carbocycles. The maximum atomic E-state index is 12.4. The highest BCUT2D eigenvalue weighted by Crippen LogP contribution is 2.31. The van der Waals surface area contributed by atoms with Crippen LogP contribution < -0.4 is 0 Å². The van der Waals surface area contributed by atoms with Gasteiger partial charge in [0.2, 0.25) is 11.8 Å². The molecule has 0 aromatic heterocycles. The molecule has 3 aliphatic rings. The predicted octanol–water partition coefficient (Wildman–Crippen LogP) is 0.00630. The molecule has 1 atom stereocenters. The van der Waals surface area contributed by atoms with Gasteiger partial charge in [-0.2, -0.15) is 0 Å². The van der Waals surface area contributed by atoms with Gasteiger partial charge < -0.3 is 14.9 Å². The Hall–Kier alpha value is -1.63. The van der Waals surface area contributed by atoms with Crippen molar-refractivity contribution >= 4 is 17.8 Å². The highest BCUT2D eigenvalue weighted by molar-refractivity contribution is 5.82. The van der Waals surface area contributed by atoms with Gasteiger partial charge >= 0.3 is 5.97 Å². The Bertz CT molecular complexity index is 484. The normalized spacial score (nSPS) is 26.2. The number of piperazine rings is 1. The van der Waals surface area contributed by atoms with Gasteiger partial charge in [-0.25, -0.2) is 0 Å². The van der Waals surface area contributed by atoms with Crippen LogP contribution in [0.25, 0.3) is 0 Å². The Kier molecular flexibility index (Phi) is 4.84. The first-order chi connectivity index (χ1) is 11.1. The standard InChI is InChI=1S/C16H25N3O4/c20-14(11-19-6-2-1-3-13(19)16(22)23)17-7-9-18(10-8-17)15(21)12-4-5-12/h12-13H,1-11H2,(H,22,23). The van der Waals surface area contributed by atoms with E-state index in [1.54, 1.807) is 9.80 Å². The zero-order chi connectivity index (χ0) is 16.4. The van der Waals surface area contributed by atoms with E-state index >= 15 is 0 Å². The van der Waals surface area contributed by atoms with Crippen molar-refractivity contribution in [3.8, 4) is 0 Å². The number of likely N-dealkylation sites (tertiary alicyclic amines) is 1. The van der Waals surface area contributed by atoms with E-state index in [4.69, 9.17) is 0 Å². The lowest BCUT2D eigenvalue weighted by atomic mass is 10.0. The molecular formula is C16H25N3O4.